The van der Waals surface area contributed by atoms with Gasteiger partial charge in [-0.1, -0.05) is 12.1 Å². The van der Waals surface area contributed by atoms with Gasteiger partial charge >= 0.3 is 6.09 Å². The number of hydrogen-bond donors (Lipinski definition) is 1. The highest BCUT2D eigenvalue weighted by molar-refractivity contribution is 6.52. The van der Waals surface area contributed by atoms with Gasteiger partial charge in [-0.25, -0.2) is 24.1 Å². The third-order valence-electron chi connectivity index (χ3n) is 7.27. The minimum absolute atomic E-state index is 0.0424. The van der Waals surface area contributed by atoms with Crippen molar-refractivity contribution in [2.75, 3.05) is 36.9 Å². The molecule has 0 saturated carbocycles. The van der Waals surface area contributed by atoms with Gasteiger partial charge in [0, 0.05) is 56.9 Å². The van der Waals surface area contributed by atoms with Crippen molar-refractivity contribution in [2.24, 2.45) is 0 Å². The zero-order valence-corrected chi connectivity index (χ0v) is 25.3. The first-order valence-electron chi connectivity index (χ1n) is 14.3. The molecule has 226 valence electrons. The average molecular weight is 590 g/mol. The van der Waals surface area contributed by atoms with Crippen LogP contribution in [0.3, 0.4) is 0 Å². The van der Waals surface area contributed by atoms with Crippen LogP contribution in [-0.4, -0.2) is 80.9 Å². The molecule has 12 heteroatoms. The molecule has 0 spiro atoms. The van der Waals surface area contributed by atoms with Crippen molar-refractivity contribution in [3.05, 3.63) is 59.2 Å². The topological polar surface area (TPSA) is 121 Å². The van der Waals surface area contributed by atoms with Gasteiger partial charge in [0.25, 0.3) is 11.7 Å². The van der Waals surface area contributed by atoms with E-state index >= 15 is 0 Å². The molecule has 0 saturated heterocycles. The number of nitrogens with zero attached hydrogens (tertiary/aromatic N) is 6. The Bertz CT molecular complexity index is 1590. The molecule has 2 aliphatic heterocycles. The van der Waals surface area contributed by atoms with Crippen molar-refractivity contribution < 1.29 is 23.5 Å². The molecule has 2 amide bonds. The lowest BCUT2D eigenvalue weighted by atomic mass is 10.1. The van der Waals surface area contributed by atoms with E-state index in [4.69, 9.17) is 9.72 Å². The zero-order chi connectivity index (χ0) is 31.1. The largest absolute Gasteiger partial charge is 0.444 e. The van der Waals surface area contributed by atoms with Crippen molar-refractivity contribution in [1.82, 2.24) is 24.8 Å². The number of pyridine rings is 1. The fraction of sp³-hybridized carbons (Fsp3) is 0.419. The van der Waals surface area contributed by atoms with Crippen LogP contribution < -0.4 is 10.2 Å². The number of rotatable bonds is 7. The van der Waals surface area contributed by atoms with Gasteiger partial charge in [0.1, 0.15) is 17.1 Å². The number of Topliss-reactive ketones (excluding diaryl/α,β-unsaturated/α-hetero) is 1. The summed E-state index contributed by atoms with van der Waals surface area (Å²) in [6.45, 7) is 11.9. The molecule has 43 heavy (non-hydrogen) atoms. The lowest BCUT2D eigenvalue weighted by Gasteiger charge is -2.30. The number of nitrogens with one attached hydrogen (secondary N) is 1. The molecular weight excluding hydrogens is 553 g/mol. The second kappa shape index (κ2) is 11.7. The summed E-state index contributed by atoms with van der Waals surface area (Å²) in [5.41, 5.74) is 2.71. The van der Waals surface area contributed by atoms with E-state index in [1.165, 1.54) is 11.0 Å². The minimum Gasteiger partial charge on any atom is -0.444 e. The molecule has 0 unspecified atom stereocenters. The summed E-state index contributed by atoms with van der Waals surface area (Å²) in [4.78, 5) is 55.6. The van der Waals surface area contributed by atoms with Crippen LogP contribution in [0.25, 0.3) is 11.3 Å². The number of aromatic nitrogens is 3. The van der Waals surface area contributed by atoms with Gasteiger partial charge in [0.05, 0.1) is 17.4 Å². The predicted molar refractivity (Wildman–Crippen MR) is 160 cm³/mol. The second-order valence-corrected chi connectivity index (χ2v) is 12.1. The van der Waals surface area contributed by atoms with Gasteiger partial charge in [-0.2, -0.15) is 0 Å². The summed E-state index contributed by atoms with van der Waals surface area (Å²) in [7, 11) is 1.74. The molecule has 0 bridgehead atoms. The fourth-order valence-electron chi connectivity index (χ4n) is 5.12. The Morgan fingerprint density at radius 1 is 1.16 bits per heavy atom. The predicted octanol–water partition coefficient (Wildman–Crippen LogP) is 4.58. The van der Waals surface area contributed by atoms with E-state index in [1.54, 1.807) is 24.1 Å². The van der Waals surface area contributed by atoms with Gasteiger partial charge in [0.15, 0.2) is 5.82 Å². The molecule has 1 aromatic carbocycles. The Hall–Kier alpha value is -4.45. The van der Waals surface area contributed by atoms with Crippen LogP contribution in [0.5, 0.6) is 0 Å². The summed E-state index contributed by atoms with van der Waals surface area (Å²) in [5.74, 6) is -1.10. The first-order chi connectivity index (χ1) is 20.3. The van der Waals surface area contributed by atoms with Crippen molar-refractivity contribution in [3.8, 4) is 11.3 Å². The number of anilines is 3. The van der Waals surface area contributed by atoms with Crippen molar-refractivity contribution in [1.29, 1.82) is 0 Å². The number of halogens is 1. The zero-order valence-electron chi connectivity index (χ0n) is 25.3. The summed E-state index contributed by atoms with van der Waals surface area (Å²) < 4.78 is 20.3. The molecule has 0 aliphatic carbocycles. The smallest absolute Gasteiger partial charge is 0.410 e. The summed E-state index contributed by atoms with van der Waals surface area (Å²) in [5, 5.41) is 3.08. The molecule has 4 heterocycles. The standard InChI is InChI=1S/C31H36FN7O4/c1-18(2)39-24-15-19(7-9-21(24)27(40)28(39)41)26-22(32)16-33-29(36-26)35-25-10-8-20-17-38(12-11-23(20)34-25)14-13-37(6)30(42)43-31(3,4)5/h7-10,15-16,18H,11-14,17H2,1-6H3,(H,33,34,35,36). The van der Waals surface area contributed by atoms with Crippen molar-refractivity contribution in [2.45, 2.75) is 59.2 Å². The Kier molecular flexibility index (Phi) is 8.15. The van der Waals surface area contributed by atoms with Gasteiger partial charge in [-0.05, 0) is 58.4 Å². The van der Waals surface area contributed by atoms with Crippen molar-refractivity contribution in [3.63, 3.8) is 0 Å². The molecule has 0 fully saturated rings. The number of hydrogen-bond acceptors (Lipinski definition) is 9. The number of carbonyl (C=O) groups is 3. The van der Waals surface area contributed by atoms with Crippen LogP contribution >= 0.6 is 0 Å². The van der Waals surface area contributed by atoms with E-state index in [9.17, 15) is 18.8 Å². The van der Waals surface area contributed by atoms with Gasteiger partial charge < -0.3 is 19.9 Å². The third kappa shape index (κ3) is 6.48. The van der Waals surface area contributed by atoms with Gasteiger partial charge in [0.2, 0.25) is 5.95 Å². The maximum absolute atomic E-state index is 14.9. The number of benzene rings is 1. The molecule has 11 nitrogen and oxygen atoms in total. The molecule has 5 rings (SSSR count). The highest BCUT2D eigenvalue weighted by Crippen LogP contribution is 2.35. The molecular formula is C31H36FN7O4. The second-order valence-electron chi connectivity index (χ2n) is 12.1. The molecule has 1 N–H and O–H groups in total. The quantitative estimate of drug-likeness (QED) is 0.395. The third-order valence-corrected chi connectivity index (χ3v) is 7.27. The van der Waals surface area contributed by atoms with Gasteiger partial charge in [-0.15, -0.1) is 0 Å². The van der Waals surface area contributed by atoms with E-state index in [2.05, 4.69) is 20.2 Å². The normalized spacial score (nSPS) is 15.0. The first-order valence-corrected chi connectivity index (χ1v) is 14.3. The highest BCUT2D eigenvalue weighted by atomic mass is 19.1. The van der Waals surface area contributed by atoms with E-state index in [-0.39, 0.29) is 23.8 Å². The molecule has 0 atom stereocenters. The molecule has 2 aromatic heterocycles. The van der Waals surface area contributed by atoms with Crippen LogP contribution in [-0.2, 0) is 22.5 Å². The summed E-state index contributed by atoms with van der Waals surface area (Å²) in [6, 6.07) is 8.31. The van der Waals surface area contributed by atoms with Crippen LogP contribution in [0.15, 0.2) is 36.5 Å². The van der Waals surface area contributed by atoms with Crippen LogP contribution in [0.1, 0.15) is 56.2 Å². The number of carbonyl (C=O) groups excluding carboxylic acids is 3. The lowest BCUT2D eigenvalue weighted by molar-refractivity contribution is -0.114. The van der Waals surface area contributed by atoms with E-state index in [1.807, 2.05) is 46.8 Å². The summed E-state index contributed by atoms with van der Waals surface area (Å²) in [6.07, 6.45) is 1.47. The van der Waals surface area contributed by atoms with Gasteiger partial charge in [-0.3, -0.25) is 14.5 Å². The van der Waals surface area contributed by atoms with Crippen LogP contribution in [0.4, 0.5) is 26.6 Å². The average Bonchev–Trinajstić information content (AvgIpc) is 3.20. The lowest BCUT2D eigenvalue weighted by Crippen LogP contribution is -2.40. The Balaban J connectivity index is 1.26. The number of ether oxygens (including phenoxy) is 1. The fourth-order valence-corrected chi connectivity index (χ4v) is 5.12. The van der Waals surface area contributed by atoms with Crippen LogP contribution in [0.2, 0.25) is 0 Å². The Morgan fingerprint density at radius 3 is 2.65 bits per heavy atom. The molecule has 0 radical (unpaired) electrons. The monoisotopic (exact) mass is 589 g/mol. The van der Waals surface area contributed by atoms with E-state index in [0.29, 0.717) is 42.3 Å². The summed E-state index contributed by atoms with van der Waals surface area (Å²) >= 11 is 0. The SMILES string of the molecule is CC(C)N1C(=O)C(=O)c2ccc(-c3nc(Nc4ccc5c(n4)CCN(CCN(C)C(=O)OC(C)(C)C)C5)ncc3F)cc21. The van der Waals surface area contributed by atoms with Crippen LogP contribution in [0, 0.1) is 5.82 Å². The maximum atomic E-state index is 14.9. The number of likely N-dealkylation sites (N-methyl/N-ethyl adjacent to an activating group) is 1. The number of amides is 2. The number of fused-ring (bicyclic) bond motifs is 2. The maximum Gasteiger partial charge on any atom is 0.410 e. The van der Waals surface area contributed by atoms with E-state index in [0.717, 1.165) is 30.4 Å². The Labute approximate surface area is 250 Å². The first kappa shape index (κ1) is 30.0. The highest BCUT2D eigenvalue weighted by Gasteiger charge is 2.37. The van der Waals surface area contributed by atoms with E-state index < -0.39 is 23.1 Å². The number of ketones is 1. The van der Waals surface area contributed by atoms with Crippen molar-refractivity contribution >= 4 is 35.2 Å². The molecule has 2 aliphatic rings. The molecule has 3 aromatic rings. The minimum atomic E-state index is -0.631. The Morgan fingerprint density at radius 2 is 1.93 bits per heavy atom.